The first-order valence-corrected chi connectivity index (χ1v) is 6.60. The van der Waals surface area contributed by atoms with Crippen molar-refractivity contribution in [2.75, 3.05) is 13.7 Å². The molecular weight excluding hydrogens is 232 g/mol. The maximum atomic E-state index is 11.5. The molecule has 2 aliphatic rings. The van der Waals surface area contributed by atoms with E-state index >= 15 is 0 Å². The van der Waals surface area contributed by atoms with Crippen molar-refractivity contribution in [3.63, 3.8) is 0 Å². The van der Waals surface area contributed by atoms with Gasteiger partial charge in [0.1, 0.15) is 0 Å². The molecule has 4 heteroatoms. The molecule has 1 aliphatic heterocycles. The summed E-state index contributed by atoms with van der Waals surface area (Å²) in [5, 5.41) is 0. The highest BCUT2D eigenvalue weighted by Gasteiger charge is 2.60. The molecule has 3 atom stereocenters. The van der Waals surface area contributed by atoms with Gasteiger partial charge in [0, 0.05) is 11.8 Å². The molecule has 18 heavy (non-hydrogen) atoms. The maximum absolute atomic E-state index is 11.5. The Kier molecular flexibility index (Phi) is 3.78. The molecule has 0 aromatic rings. The van der Waals surface area contributed by atoms with Crippen LogP contribution < -0.4 is 0 Å². The monoisotopic (exact) mass is 254 g/mol. The summed E-state index contributed by atoms with van der Waals surface area (Å²) in [5.74, 6) is -0.964. The van der Waals surface area contributed by atoms with Crippen molar-refractivity contribution < 1.29 is 19.0 Å². The summed E-state index contributed by atoms with van der Waals surface area (Å²) in [6, 6.07) is 0. The fourth-order valence-corrected chi connectivity index (χ4v) is 3.42. The lowest BCUT2D eigenvalue weighted by Crippen LogP contribution is -2.46. The summed E-state index contributed by atoms with van der Waals surface area (Å²) in [6.07, 6.45) is 6.20. The van der Waals surface area contributed by atoms with Crippen molar-refractivity contribution in [2.24, 2.45) is 5.41 Å². The van der Waals surface area contributed by atoms with E-state index in [9.17, 15) is 4.79 Å². The van der Waals surface area contributed by atoms with Gasteiger partial charge in [-0.1, -0.05) is 6.08 Å². The summed E-state index contributed by atoms with van der Waals surface area (Å²) < 4.78 is 16.6. The molecule has 0 radical (unpaired) electrons. The van der Waals surface area contributed by atoms with Crippen molar-refractivity contribution in [1.82, 2.24) is 0 Å². The lowest BCUT2D eigenvalue weighted by molar-refractivity contribution is -0.266. The zero-order chi connectivity index (χ0) is 13.2. The fourth-order valence-electron chi connectivity index (χ4n) is 3.42. The van der Waals surface area contributed by atoms with Crippen LogP contribution in [0.4, 0.5) is 0 Å². The number of ether oxygens (including phenoxy) is 3. The first-order valence-electron chi connectivity index (χ1n) is 6.60. The summed E-state index contributed by atoms with van der Waals surface area (Å²) in [5.41, 5.74) is -0.00295. The molecule has 0 unspecified atom stereocenters. The molecule has 1 heterocycles. The molecule has 0 spiro atoms. The van der Waals surface area contributed by atoms with Gasteiger partial charge < -0.3 is 14.2 Å². The Morgan fingerprint density at radius 2 is 2.28 bits per heavy atom. The van der Waals surface area contributed by atoms with Crippen molar-refractivity contribution in [2.45, 2.75) is 50.9 Å². The van der Waals surface area contributed by atoms with Crippen LogP contribution in [-0.4, -0.2) is 31.6 Å². The second-order valence-electron chi connectivity index (χ2n) is 5.26. The third-order valence-corrected chi connectivity index (χ3v) is 4.32. The third-order valence-electron chi connectivity index (χ3n) is 4.32. The van der Waals surface area contributed by atoms with E-state index in [1.165, 1.54) is 7.11 Å². The van der Waals surface area contributed by atoms with Crippen LogP contribution in [0.1, 0.15) is 39.0 Å². The Morgan fingerprint density at radius 1 is 1.50 bits per heavy atom. The predicted molar refractivity (Wildman–Crippen MR) is 67.0 cm³/mol. The Balaban J connectivity index is 2.17. The molecule has 1 aliphatic carbocycles. The summed E-state index contributed by atoms with van der Waals surface area (Å²) >= 11 is 0. The molecule has 0 N–H and O–H groups in total. The second-order valence-corrected chi connectivity index (χ2v) is 5.26. The van der Waals surface area contributed by atoms with Crippen LogP contribution in [0.3, 0.4) is 0 Å². The highest BCUT2D eigenvalue weighted by atomic mass is 16.7. The third kappa shape index (κ3) is 1.97. The first-order chi connectivity index (χ1) is 8.59. The van der Waals surface area contributed by atoms with Crippen LogP contribution in [-0.2, 0) is 19.0 Å². The number of methoxy groups -OCH3 is 1. The van der Waals surface area contributed by atoms with Crippen LogP contribution in [0.2, 0.25) is 0 Å². The number of allylic oxidation sites excluding steroid dienone is 1. The minimum absolute atomic E-state index is 0.00295. The zero-order valence-electron chi connectivity index (χ0n) is 11.2. The van der Waals surface area contributed by atoms with Crippen LogP contribution in [0, 0.1) is 5.41 Å². The van der Waals surface area contributed by atoms with E-state index in [1.807, 2.05) is 6.08 Å². The molecule has 4 nitrogen and oxygen atoms in total. The molecule has 2 fully saturated rings. The quantitative estimate of drug-likeness (QED) is 0.558. The van der Waals surface area contributed by atoms with E-state index in [0.29, 0.717) is 6.61 Å². The summed E-state index contributed by atoms with van der Waals surface area (Å²) in [4.78, 5) is 11.5. The minimum Gasteiger partial charge on any atom is -0.467 e. The number of hydrogen-bond donors (Lipinski definition) is 0. The van der Waals surface area contributed by atoms with E-state index in [1.54, 1.807) is 6.92 Å². The fraction of sp³-hybridized carbons (Fsp3) is 0.786. The highest BCUT2D eigenvalue weighted by Crippen LogP contribution is 2.58. The van der Waals surface area contributed by atoms with Crippen LogP contribution >= 0.6 is 0 Å². The highest BCUT2D eigenvalue weighted by molar-refractivity contribution is 5.74. The van der Waals surface area contributed by atoms with E-state index in [4.69, 9.17) is 14.2 Å². The van der Waals surface area contributed by atoms with Crippen molar-refractivity contribution >= 4 is 5.97 Å². The van der Waals surface area contributed by atoms with Gasteiger partial charge >= 0.3 is 5.97 Å². The smallest absolute Gasteiger partial charge is 0.334 e. The largest absolute Gasteiger partial charge is 0.467 e. The number of esters is 1. The molecule has 102 valence electrons. The van der Waals surface area contributed by atoms with E-state index in [0.717, 1.165) is 32.1 Å². The Morgan fingerprint density at radius 3 is 2.94 bits per heavy atom. The Bertz CT molecular complexity index is 327. The second kappa shape index (κ2) is 5.02. The van der Waals surface area contributed by atoms with Crippen molar-refractivity contribution in [1.29, 1.82) is 0 Å². The van der Waals surface area contributed by atoms with Crippen LogP contribution in [0.15, 0.2) is 12.7 Å². The lowest BCUT2D eigenvalue weighted by Gasteiger charge is -2.39. The van der Waals surface area contributed by atoms with Crippen molar-refractivity contribution in [3.05, 3.63) is 12.7 Å². The van der Waals surface area contributed by atoms with Gasteiger partial charge in [-0.05, 0) is 32.6 Å². The van der Waals surface area contributed by atoms with E-state index in [-0.39, 0.29) is 11.4 Å². The zero-order valence-corrected chi connectivity index (χ0v) is 11.2. The molecule has 0 bridgehead atoms. The summed E-state index contributed by atoms with van der Waals surface area (Å²) in [7, 11) is 1.38. The Labute approximate surface area is 108 Å². The molecule has 2 rings (SSSR count). The molecule has 1 saturated carbocycles. The van der Waals surface area contributed by atoms with Crippen molar-refractivity contribution in [3.8, 4) is 0 Å². The SMILES string of the molecule is C=CC[C@]12CCC[C@@]1(O[C@@H](C)C(=O)OC)OCC2. The summed E-state index contributed by atoms with van der Waals surface area (Å²) in [6.45, 7) is 6.26. The van der Waals surface area contributed by atoms with Gasteiger partial charge in [0.25, 0.3) is 0 Å². The van der Waals surface area contributed by atoms with Gasteiger partial charge in [-0.25, -0.2) is 4.79 Å². The lowest BCUT2D eigenvalue weighted by atomic mass is 9.77. The standard InChI is InChI=1S/C14H22O4/c1-4-6-13-7-5-8-14(13,17-10-9-13)18-11(2)12(15)16-3/h4,11H,1,5-10H2,2-3H3/t11-,13+,14-/m0/s1. The van der Waals surface area contributed by atoms with Gasteiger partial charge in [0.2, 0.25) is 0 Å². The topological polar surface area (TPSA) is 44.8 Å². The van der Waals surface area contributed by atoms with E-state index in [2.05, 4.69) is 6.58 Å². The van der Waals surface area contributed by atoms with Crippen LogP contribution in [0.25, 0.3) is 0 Å². The average Bonchev–Trinajstić information content (AvgIpc) is 2.82. The number of fused-ring (bicyclic) bond motifs is 1. The number of carbonyl (C=O) groups excluding carboxylic acids is 1. The number of hydrogen-bond acceptors (Lipinski definition) is 4. The van der Waals surface area contributed by atoms with E-state index < -0.39 is 11.9 Å². The van der Waals surface area contributed by atoms with Gasteiger partial charge in [-0.3, -0.25) is 0 Å². The molecule has 1 saturated heterocycles. The molecule has 0 aromatic heterocycles. The normalized spacial score (nSPS) is 36.1. The van der Waals surface area contributed by atoms with Gasteiger partial charge in [0.05, 0.1) is 13.7 Å². The first kappa shape index (κ1) is 13.6. The Hall–Kier alpha value is -0.870. The molecular formula is C14H22O4. The number of rotatable bonds is 5. The predicted octanol–water partition coefficient (Wildman–Crippen LogP) is 2.43. The number of carbonyl (C=O) groups is 1. The molecule has 0 amide bonds. The van der Waals surface area contributed by atoms with Gasteiger partial charge in [0.15, 0.2) is 11.9 Å². The average molecular weight is 254 g/mol. The van der Waals surface area contributed by atoms with Gasteiger partial charge in [-0.2, -0.15) is 0 Å². The van der Waals surface area contributed by atoms with Crippen LogP contribution in [0.5, 0.6) is 0 Å². The molecule has 0 aromatic carbocycles. The van der Waals surface area contributed by atoms with Gasteiger partial charge in [-0.15, -0.1) is 6.58 Å². The minimum atomic E-state index is -0.616. The maximum Gasteiger partial charge on any atom is 0.334 e.